The van der Waals surface area contributed by atoms with E-state index >= 15 is 0 Å². The Kier molecular flexibility index (Phi) is 6.27. The van der Waals surface area contributed by atoms with Crippen molar-refractivity contribution in [3.05, 3.63) is 64.8 Å². The first-order valence-corrected chi connectivity index (χ1v) is 11.4. The number of H-pyrrole nitrogens is 1. The average Bonchev–Trinajstić information content (AvgIpc) is 3.01. The van der Waals surface area contributed by atoms with Crippen molar-refractivity contribution in [2.75, 3.05) is 10.5 Å². The third kappa shape index (κ3) is 4.98. The summed E-state index contributed by atoms with van der Waals surface area (Å²) in [6, 6.07) is 13.2. The number of fused-ring (bicyclic) bond motifs is 1. The van der Waals surface area contributed by atoms with E-state index in [0.717, 1.165) is 34.0 Å². The van der Waals surface area contributed by atoms with Gasteiger partial charge in [0.05, 0.1) is 5.75 Å². The number of aromatic amines is 1. The fourth-order valence-corrected chi connectivity index (χ4v) is 4.51. The molecule has 0 saturated carbocycles. The molecule has 7 heteroatoms. The van der Waals surface area contributed by atoms with Crippen molar-refractivity contribution in [3.8, 4) is 0 Å². The number of carbonyl (C=O) groups is 1. The van der Waals surface area contributed by atoms with Gasteiger partial charge in [-0.05, 0) is 55.2 Å². The third-order valence-electron chi connectivity index (χ3n) is 5.03. The first-order valence-electron chi connectivity index (χ1n) is 9.76. The highest BCUT2D eigenvalue weighted by molar-refractivity contribution is 7.92. The number of rotatable bonds is 8. The first-order chi connectivity index (χ1) is 13.8. The summed E-state index contributed by atoms with van der Waals surface area (Å²) in [6.45, 7) is 6.27. The van der Waals surface area contributed by atoms with E-state index in [-0.39, 0.29) is 11.7 Å². The van der Waals surface area contributed by atoms with E-state index in [0.29, 0.717) is 24.3 Å². The number of nitrogens with one attached hydrogen (secondary N) is 3. The summed E-state index contributed by atoms with van der Waals surface area (Å²) in [7, 11) is -3.37. The standard InChI is InChI=1S/C22H27N3O3S/c1-4-5-12-29(27,28)25-18-10-11-20-19(13-18)16(3)21(24-20)22(26)23-14-17-9-7-6-8-15(17)2/h6-11,13,24-25H,4-5,12,14H2,1-3H3,(H,23,26). The molecule has 154 valence electrons. The lowest BCUT2D eigenvalue weighted by Gasteiger charge is -2.08. The molecule has 0 unspecified atom stereocenters. The Bertz CT molecular complexity index is 1130. The Morgan fingerprint density at radius 1 is 1.10 bits per heavy atom. The molecule has 0 bridgehead atoms. The highest BCUT2D eigenvalue weighted by atomic mass is 32.2. The summed E-state index contributed by atoms with van der Waals surface area (Å²) in [5.74, 6) is -0.0905. The van der Waals surface area contributed by atoms with Crippen molar-refractivity contribution >= 4 is 32.5 Å². The van der Waals surface area contributed by atoms with Gasteiger partial charge in [-0.3, -0.25) is 9.52 Å². The van der Waals surface area contributed by atoms with E-state index in [9.17, 15) is 13.2 Å². The van der Waals surface area contributed by atoms with Crippen molar-refractivity contribution in [2.45, 2.75) is 40.2 Å². The average molecular weight is 414 g/mol. The van der Waals surface area contributed by atoms with Crippen LogP contribution in [0.15, 0.2) is 42.5 Å². The molecule has 2 aromatic carbocycles. The van der Waals surface area contributed by atoms with Crippen LogP contribution in [0.1, 0.15) is 46.9 Å². The van der Waals surface area contributed by atoms with E-state index < -0.39 is 10.0 Å². The highest BCUT2D eigenvalue weighted by Crippen LogP contribution is 2.26. The van der Waals surface area contributed by atoms with Crippen LogP contribution in [0.4, 0.5) is 5.69 Å². The Hall–Kier alpha value is -2.80. The molecule has 3 rings (SSSR count). The van der Waals surface area contributed by atoms with Crippen molar-refractivity contribution in [2.24, 2.45) is 0 Å². The molecule has 0 atom stereocenters. The maximum Gasteiger partial charge on any atom is 0.268 e. The fourth-order valence-electron chi connectivity index (χ4n) is 3.25. The maximum atomic E-state index is 12.7. The number of anilines is 1. The molecule has 29 heavy (non-hydrogen) atoms. The van der Waals surface area contributed by atoms with Crippen LogP contribution in [0.5, 0.6) is 0 Å². The second-order valence-electron chi connectivity index (χ2n) is 7.27. The van der Waals surface area contributed by atoms with Crippen LogP contribution >= 0.6 is 0 Å². The molecule has 3 N–H and O–H groups in total. The van der Waals surface area contributed by atoms with E-state index in [1.807, 2.05) is 45.0 Å². The van der Waals surface area contributed by atoms with E-state index in [4.69, 9.17) is 0 Å². The van der Waals surface area contributed by atoms with E-state index in [1.54, 1.807) is 18.2 Å². The van der Waals surface area contributed by atoms with Gasteiger partial charge in [-0.2, -0.15) is 0 Å². The van der Waals surface area contributed by atoms with Crippen LogP contribution < -0.4 is 10.0 Å². The minimum Gasteiger partial charge on any atom is -0.350 e. The van der Waals surface area contributed by atoms with Gasteiger partial charge in [-0.25, -0.2) is 8.42 Å². The fraction of sp³-hybridized carbons (Fsp3) is 0.318. The zero-order chi connectivity index (χ0) is 21.0. The quantitative estimate of drug-likeness (QED) is 0.515. The molecule has 1 amide bonds. The summed E-state index contributed by atoms with van der Waals surface area (Å²) in [4.78, 5) is 15.8. The molecule has 6 nitrogen and oxygen atoms in total. The molecule has 0 aliphatic carbocycles. The van der Waals surface area contributed by atoms with Crippen molar-refractivity contribution in [1.82, 2.24) is 10.3 Å². The van der Waals surface area contributed by atoms with Crippen molar-refractivity contribution in [3.63, 3.8) is 0 Å². The summed E-state index contributed by atoms with van der Waals surface area (Å²) in [5.41, 5.74) is 4.76. The zero-order valence-corrected chi connectivity index (χ0v) is 17.8. The van der Waals surface area contributed by atoms with Gasteiger partial charge < -0.3 is 10.3 Å². The molecule has 0 aliphatic heterocycles. The Morgan fingerprint density at radius 2 is 1.86 bits per heavy atom. The maximum absolute atomic E-state index is 12.7. The van der Waals surface area contributed by atoms with E-state index in [2.05, 4.69) is 15.0 Å². The third-order valence-corrected chi connectivity index (χ3v) is 6.40. The number of sulfonamides is 1. The predicted octanol–water partition coefficient (Wildman–Crippen LogP) is 4.26. The SMILES string of the molecule is CCCCS(=O)(=O)Nc1ccc2[nH]c(C(=O)NCc3ccccc3C)c(C)c2c1. The molecule has 1 heterocycles. The normalized spacial score (nSPS) is 11.6. The smallest absolute Gasteiger partial charge is 0.268 e. The van der Waals surface area contributed by atoms with Crippen molar-refractivity contribution < 1.29 is 13.2 Å². The minimum absolute atomic E-state index is 0.0974. The topological polar surface area (TPSA) is 91.1 Å². The van der Waals surface area contributed by atoms with Gasteiger partial charge in [0, 0.05) is 23.1 Å². The largest absolute Gasteiger partial charge is 0.350 e. The van der Waals surface area contributed by atoms with E-state index in [1.165, 1.54) is 0 Å². The summed E-state index contributed by atoms with van der Waals surface area (Å²) >= 11 is 0. The van der Waals surface area contributed by atoms with Gasteiger partial charge in [-0.15, -0.1) is 0 Å². The lowest BCUT2D eigenvalue weighted by atomic mass is 10.1. The summed E-state index contributed by atoms with van der Waals surface area (Å²) < 4.78 is 26.9. The van der Waals surface area contributed by atoms with Crippen LogP contribution in [0.25, 0.3) is 10.9 Å². The molecule has 3 aromatic rings. The lowest BCUT2D eigenvalue weighted by molar-refractivity contribution is 0.0946. The molecular formula is C22H27N3O3S. The number of carbonyl (C=O) groups excluding carboxylic acids is 1. The van der Waals surface area contributed by atoms with Gasteiger partial charge in [0.15, 0.2) is 0 Å². The van der Waals surface area contributed by atoms with Gasteiger partial charge in [0.25, 0.3) is 5.91 Å². The molecule has 0 aliphatic rings. The monoisotopic (exact) mass is 413 g/mol. The van der Waals surface area contributed by atoms with Crippen LogP contribution in [-0.2, 0) is 16.6 Å². The van der Waals surface area contributed by atoms with Gasteiger partial charge in [0.2, 0.25) is 10.0 Å². The number of amides is 1. The molecule has 0 radical (unpaired) electrons. The van der Waals surface area contributed by atoms with Crippen LogP contribution in [0, 0.1) is 13.8 Å². The minimum atomic E-state index is -3.37. The number of hydrogen-bond acceptors (Lipinski definition) is 3. The van der Waals surface area contributed by atoms with Crippen LogP contribution in [0.2, 0.25) is 0 Å². The first kappa shape index (κ1) is 20.9. The molecule has 0 spiro atoms. The highest BCUT2D eigenvalue weighted by Gasteiger charge is 2.16. The van der Waals surface area contributed by atoms with Gasteiger partial charge in [-0.1, -0.05) is 37.6 Å². The second kappa shape index (κ2) is 8.69. The second-order valence-corrected chi connectivity index (χ2v) is 9.11. The Morgan fingerprint density at radius 3 is 2.59 bits per heavy atom. The number of aryl methyl sites for hydroxylation is 2. The van der Waals surface area contributed by atoms with Gasteiger partial charge >= 0.3 is 0 Å². The molecule has 0 saturated heterocycles. The van der Waals surface area contributed by atoms with Crippen LogP contribution in [-0.4, -0.2) is 25.1 Å². The molecule has 1 aromatic heterocycles. The number of benzene rings is 2. The summed E-state index contributed by atoms with van der Waals surface area (Å²) in [6.07, 6.45) is 1.43. The van der Waals surface area contributed by atoms with Crippen LogP contribution in [0.3, 0.4) is 0 Å². The number of aromatic nitrogens is 1. The molecular weight excluding hydrogens is 386 g/mol. The number of unbranched alkanes of at least 4 members (excludes halogenated alkanes) is 1. The summed E-state index contributed by atoms with van der Waals surface area (Å²) in [5, 5.41) is 3.77. The molecule has 0 fully saturated rings. The zero-order valence-electron chi connectivity index (χ0n) is 17.0. The van der Waals surface area contributed by atoms with Crippen molar-refractivity contribution in [1.29, 1.82) is 0 Å². The van der Waals surface area contributed by atoms with Gasteiger partial charge in [0.1, 0.15) is 5.69 Å². The Labute approximate surface area is 171 Å². The Balaban J connectivity index is 1.79. The number of hydrogen-bond donors (Lipinski definition) is 3. The lowest BCUT2D eigenvalue weighted by Crippen LogP contribution is -2.24. The predicted molar refractivity (Wildman–Crippen MR) is 118 cm³/mol.